The molecule has 0 spiro atoms. The van der Waals surface area contributed by atoms with Crippen LogP contribution in [-0.2, 0) is 12.0 Å². The Balaban J connectivity index is 1.56. The summed E-state index contributed by atoms with van der Waals surface area (Å²) in [5, 5.41) is 11.3. The molecule has 5 nitrogen and oxygen atoms in total. The lowest BCUT2D eigenvalue weighted by Gasteiger charge is -2.29. The molecule has 0 fully saturated rings. The van der Waals surface area contributed by atoms with Crippen molar-refractivity contribution in [2.45, 2.75) is 18.9 Å². The summed E-state index contributed by atoms with van der Waals surface area (Å²) in [5.41, 5.74) is 10.6. The molecule has 1 atom stereocenters. The molecule has 28 heavy (non-hydrogen) atoms. The van der Waals surface area contributed by atoms with Crippen LogP contribution < -0.4 is 5.73 Å². The first kappa shape index (κ1) is 16.7. The fourth-order valence-electron chi connectivity index (χ4n) is 3.78. The molecule has 2 aromatic carbocycles. The smallest absolute Gasteiger partial charge is 0.202 e. The topological polar surface area (TPSA) is 80.0 Å². The van der Waals surface area contributed by atoms with E-state index in [1.54, 1.807) is 11.3 Å². The van der Waals surface area contributed by atoms with Crippen molar-refractivity contribution in [2.75, 3.05) is 0 Å². The van der Waals surface area contributed by atoms with Crippen molar-refractivity contribution in [1.29, 1.82) is 5.26 Å². The van der Waals surface area contributed by atoms with Crippen LogP contribution in [0, 0.1) is 11.3 Å². The van der Waals surface area contributed by atoms with Gasteiger partial charge in [0.25, 0.3) is 0 Å². The molecule has 0 saturated heterocycles. The second-order valence-corrected chi connectivity index (χ2v) is 8.08. The van der Waals surface area contributed by atoms with Crippen LogP contribution in [0.2, 0.25) is 0 Å². The number of thiophene rings is 1. The summed E-state index contributed by atoms with van der Waals surface area (Å²) in [6.45, 7) is 2.10. The zero-order chi connectivity index (χ0) is 19.3. The van der Waals surface area contributed by atoms with Crippen LogP contribution in [0.1, 0.15) is 23.2 Å². The van der Waals surface area contributed by atoms with E-state index < -0.39 is 5.54 Å². The number of hydrogen-bond donors (Lipinski definition) is 1. The summed E-state index contributed by atoms with van der Waals surface area (Å²) in [6.07, 6.45) is 0.681. The Morgan fingerprint density at radius 1 is 1.14 bits per heavy atom. The molecule has 4 aromatic rings. The molecular formula is C22H17N5S. The highest BCUT2D eigenvalue weighted by Gasteiger charge is 2.35. The van der Waals surface area contributed by atoms with Crippen LogP contribution >= 0.6 is 11.3 Å². The Bertz CT molecular complexity index is 1290. The Morgan fingerprint density at radius 3 is 2.86 bits per heavy atom. The number of imidazole rings is 1. The Morgan fingerprint density at radius 2 is 2.00 bits per heavy atom. The zero-order valence-electron chi connectivity index (χ0n) is 15.3. The van der Waals surface area contributed by atoms with E-state index in [1.165, 1.54) is 0 Å². The first-order valence-electron chi connectivity index (χ1n) is 8.99. The van der Waals surface area contributed by atoms with Crippen molar-refractivity contribution >= 4 is 28.3 Å². The second-order valence-electron chi connectivity index (χ2n) is 7.17. The number of nitrogens with two attached hydrogens (primary N) is 1. The zero-order valence-corrected chi connectivity index (χ0v) is 16.1. The number of fused-ring (bicyclic) bond motifs is 3. The fraction of sp³-hybridized carbons (Fsp3) is 0.136. The third-order valence-electron chi connectivity index (χ3n) is 5.18. The minimum absolute atomic E-state index is 0.461. The second kappa shape index (κ2) is 6.04. The van der Waals surface area contributed by atoms with Crippen LogP contribution in [0.4, 0.5) is 0 Å². The molecule has 0 radical (unpaired) electrons. The number of nitriles is 1. The quantitative estimate of drug-likeness (QED) is 0.561. The normalized spacial score (nSPS) is 18.5. The largest absolute Gasteiger partial charge is 0.369 e. The summed E-state index contributed by atoms with van der Waals surface area (Å²) in [6, 6.07) is 20.0. The van der Waals surface area contributed by atoms with E-state index in [1.807, 2.05) is 53.1 Å². The first-order valence-corrected chi connectivity index (χ1v) is 9.87. The van der Waals surface area contributed by atoms with Gasteiger partial charge in [0.15, 0.2) is 0 Å². The summed E-state index contributed by atoms with van der Waals surface area (Å²) >= 11 is 1.66. The van der Waals surface area contributed by atoms with Crippen molar-refractivity contribution in [3.8, 4) is 17.2 Å². The van der Waals surface area contributed by atoms with Gasteiger partial charge in [-0.05, 0) is 53.8 Å². The van der Waals surface area contributed by atoms with Gasteiger partial charge in [0, 0.05) is 11.3 Å². The molecule has 1 aliphatic heterocycles. The van der Waals surface area contributed by atoms with Crippen molar-refractivity contribution in [3.63, 3.8) is 0 Å². The molecule has 0 aliphatic carbocycles. The van der Waals surface area contributed by atoms with E-state index in [9.17, 15) is 0 Å². The lowest BCUT2D eigenvalue weighted by Crippen LogP contribution is -2.37. The first-order chi connectivity index (χ1) is 13.6. The summed E-state index contributed by atoms with van der Waals surface area (Å²) in [4.78, 5) is 10.8. The van der Waals surface area contributed by atoms with E-state index in [0.29, 0.717) is 17.9 Å². The highest BCUT2D eigenvalue weighted by atomic mass is 32.1. The highest BCUT2D eigenvalue weighted by Crippen LogP contribution is 2.39. The number of hydrogen-bond acceptors (Lipinski definition) is 5. The van der Waals surface area contributed by atoms with Gasteiger partial charge in [-0.3, -0.25) is 4.57 Å². The number of nitrogens with zero attached hydrogens (tertiary/aromatic N) is 4. The van der Waals surface area contributed by atoms with Gasteiger partial charge in [-0.1, -0.05) is 24.3 Å². The molecule has 5 rings (SSSR count). The monoisotopic (exact) mass is 383 g/mol. The van der Waals surface area contributed by atoms with Gasteiger partial charge >= 0.3 is 0 Å². The number of rotatable bonds is 2. The molecule has 3 heterocycles. The molecule has 0 bridgehead atoms. The summed E-state index contributed by atoms with van der Waals surface area (Å²) < 4.78 is 1.95. The molecule has 0 unspecified atom stereocenters. The molecule has 2 N–H and O–H groups in total. The van der Waals surface area contributed by atoms with E-state index in [2.05, 4.69) is 24.4 Å². The maximum absolute atomic E-state index is 9.15. The molecule has 1 aliphatic rings. The third kappa shape index (κ3) is 2.52. The standard InChI is InChI=1S/C22H17N5S/c1-22(19-10-16(13-28-19)15-6-4-5-14(9-15)12-23)11-20-25-17-7-2-3-8-18(17)27(20)21(24)26-22/h2-10,13H,11H2,1H3,(H2,24,26)/t22-/m0/s1. The summed E-state index contributed by atoms with van der Waals surface area (Å²) in [5.74, 6) is 1.40. The van der Waals surface area contributed by atoms with Crippen molar-refractivity contribution < 1.29 is 0 Å². The number of benzene rings is 2. The van der Waals surface area contributed by atoms with Crippen molar-refractivity contribution in [3.05, 3.63) is 76.2 Å². The van der Waals surface area contributed by atoms with Crippen molar-refractivity contribution in [1.82, 2.24) is 9.55 Å². The van der Waals surface area contributed by atoms with Gasteiger partial charge in [-0.15, -0.1) is 11.3 Å². The van der Waals surface area contributed by atoms with Crippen LogP contribution in [0.15, 0.2) is 65.0 Å². The Kier molecular flexibility index (Phi) is 3.61. The molecular weight excluding hydrogens is 366 g/mol. The van der Waals surface area contributed by atoms with Gasteiger partial charge in [0.05, 0.1) is 22.7 Å². The lowest BCUT2D eigenvalue weighted by atomic mass is 9.93. The average molecular weight is 383 g/mol. The van der Waals surface area contributed by atoms with E-state index in [0.717, 1.165) is 32.9 Å². The minimum Gasteiger partial charge on any atom is -0.369 e. The van der Waals surface area contributed by atoms with Gasteiger partial charge in [0.1, 0.15) is 11.4 Å². The molecule has 6 heteroatoms. The van der Waals surface area contributed by atoms with Gasteiger partial charge in [-0.25, -0.2) is 9.98 Å². The van der Waals surface area contributed by atoms with Crippen LogP contribution in [0.25, 0.3) is 22.2 Å². The highest BCUT2D eigenvalue weighted by molar-refractivity contribution is 7.10. The maximum Gasteiger partial charge on any atom is 0.202 e. The number of aliphatic imine (C=N–C) groups is 1. The van der Waals surface area contributed by atoms with Gasteiger partial charge in [-0.2, -0.15) is 5.26 Å². The minimum atomic E-state index is -0.461. The van der Waals surface area contributed by atoms with E-state index >= 15 is 0 Å². The Labute approximate surface area is 166 Å². The number of aromatic nitrogens is 2. The van der Waals surface area contributed by atoms with Gasteiger partial charge < -0.3 is 5.73 Å². The average Bonchev–Trinajstić information content (AvgIpc) is 3.33. The molecule has 2 aromatic heterocycles. The Hall–Kier alpha value is -3.43. The molecule has 0 amide bonds. The van der Waals surface area contributed by atoms with E-state index in [-0.39, 0.29) is 0 Å². The number of para-hydroxylation sites is 2. The predicted molar refractivity (Wildman–Crippen MR) is 112 cm³/mol. The lowest BCUT2D eigenvalue weighted by molar-refractivity contribution is 0.472. The third-order valence-corrected chi connectivity index (χ3v) is 6.36. The van der Waals surface area contributed by atoms with Crippen LogP contribution in [0.5, 0.6) is 0 Å². The maximum atomic E-state index is 9.15. The van der Waals surface area contributed by atoms with E-state index in [4.69, 9.17) is 21.0 Å². The summed E-state index contributed by atoms with van der Waals surface area (Å²) in [7, 11) is 0. The predicted octanol–water partition coefficient (Wildman–Crippen LogP) is 4.27. The molecule has 0 saturated carbocycles. The fourth-order valence-corrected chi connectivity index (χ4v) is 4.81. The van der Waals surface area contributed by atoms with Crippen LogP contribution in [-0.4, -0.2) is 15.5 Å². The van der Waals surface area contributed by atoms with Crippen LogP contribution in [0.3, 0.4) is 0 Å². The molecule has 136 valence electrons. The van der Waals surface area contributed by atoms with Gasteiger partial charge in [0.2, 0.25) is 5.96 Å². The SMILES string of the molecule is C[C@@]1(c2cc(-c3cccc(C#N)c3)cs2)Cc2nc3ccccc3n2C(N)=N1. The van der Waals surface area contributed by atoms with Crippen molar-refractivity contribution in [2.24, 2.45) is 10.7 Å².